The van der Waals surface area contributed by atoms with Crippen LogP contribution >= 0.6 is 0 Å². The summed E-state index contributed by atoms with van der Waals surface area (Å²) < 4.78 is 23.2. The molecule has 0 saturated carbocycles. The molecular formula is C27H25NO5. The first-order chi connectivity index (χ1) is 16.1. The van der Waals surface area contributed by atoms with Crippen molar-refractivity contribution in [2.75, 3.05) is 27.4 Å². The summed E-state index contributed by atoms with van der Waals surface area (Å²) >= 11 is 0. The number of benzene rings is 3. The lowest BCUT2D eigenvalue weighted by molar-refractivity contribution is 0.174. The van der Waals surface area contributed by atoms with Gasteiger partial charge in [-0.2, -0.15) is 0 Å². The van der Waals surface area contributed by atoms with Crippen molar-refractivity contribution in [3.63, 3.8) is 0 Å². The van der Waals surface area contributed by atoms with Gasteiger partial charge in [0.2, 0.25) is 6.79 Å². The van der Waals surface area contributed by atoms with Crippen molar-refractivity contribution < 1.29 is 18.6 Å². The van der Waals surface area contributed by atoms with Crippen molar-refractivity contribution >= 4 is 11.0 Å². The minimum atomic E-state index is -0.126. The van der Waals surface area contributed by atoms with Crippen LogP contribution in [0.4, 0.5) is 0 Å². The molecule has 0 aliphatic carbocycles. The highest BCUT2D eigenvalue weighted by Crippen LogP contribution is 2.36. The highest BCUT2D eigenvalue weighted by atomic mass is 16.7. The highest BCUT2D eigenvalue weighted by molar-refractivity contribution is 5.80. The van der Waals surface area contributed by atoms with Crippen molar-refractivity contribution in [2.45, 2.75) is 12.5 Å². The molecule has 6 heteroatoms. The average molecular weight is 443 g/mol. The molecule has 0 saturated heterocycles. The average Bonchev–Trinajstić information content (AvgIpc) is 3.30. The molecule has 1 unspecified atom stereocenters. The summed E-state index contributed by atoms with van der Waals surface area (Å²) in [6.07, 6.45) is 0.707. The Kier molecular flexibility index (Phi) is 5.75. The van der Waals surface area contributed by atoms with E-state index in [9.17, 15) is 4.79 Å². The van der Waals surface area contributed by atoms with Gasteiger partial charge >= 0.3 is 0 Å². The van der Waals surface area contributed by atoms with Crippen LogP contribution in [0, 0.1) is 0 Å². The Morgan fingerprint density at radius 2 is 1.76 bits per heavy atom. The van der Waals surface area contributed by atoms with Gasteiger partial charge in [-0.3, -0.25) is 4.79 Å². The van der Waals surface area contributed by atoms with Gasteiger partial charge in [-0.15, -0.1) is 0 Å². The number of rotatable bonds is 7. The van der Waals surface area contributed by atoms with Crippen molar-refractivity contribution in [1.82, 2.24) is 4.90 Å². The molecule has 5 rings (SSSR count). The topological polar surface area (TPSA) is 61.1 Å². The predicted octanol–water partition coefficient (Wildman–Crippen LogP) is 5.26. The van der Waals surface area contributed by atoms with Crippen LogP contribution in [0.2, 0.25) is 0 Å². The van der Waals surface area contributed by atoms with Gasteiger partial charge in [0.05, 0.1) is 5.39 Å². The van der Waals surface area contributed by atoms with Gasteiger partial charge in [0.25, 0.3) is 0 Å². The van der Waals surface area contributed by atoms with E-state index in [2.05, 4.69) is 17.0 Å². The first kappa shape index (κ1) is 21.1. The maximum Gasteiger partial charge on any atom is 0.231 e. The van der Waals surface area contributed by atoms with Crippen molar-refractivity contribution in [3.8, 4) is 28.6 Å². The number of ether oxygens (including phenoxy) is 3. The van der Waals surface area contributed by atoms with Gasteiger partial charge in [-0.05, 0) is 56.1 Å². The number of fused-ring (bicyclic) bond motifs is 2. The summed E-state index contributed by atoms with van der Waals surface area (Å²) in [5.41, 5.74) is 2.24. The largest absolute Gasteiger partial charge is 0.486 e. The third-order valence-corrected chi connectivity index (χ3v) is 5.64. The number of hydrogen-bond donors (Lipinski definition) is 0. The summed E-state index contributed by atoms with van der Waals surface area (Å²) in [5, 5.41) is 0.483. The van der Waals surface area contributed by atoms with E-state index in [-0.39, 0.29) is 18.3 Å². The van der Waals surface area contributed by atoms with Gasteiger partial charge in [0.15, 0.2) is 16.9 Å². The third kappa shape index (κ3) is 4.56. The van der Waals surface area contributed by atoms with E-state index in [0.29, 0.717) is 34.0 Å². The maximum absolute atomic E-state index is 13.0. The predicted molar refractivity (Wildman–Crippen MR) is 127 cm³/mol. The molecule has 168 valence electrons. The molecule has 0 spiro atoms. The van der Waals surface area contributed by atoms with Gasteiger partial charge in [-0.25, -0.2) is 0 Å². The molecule has 0 radical (unpaired) electrons. The van der Waals surface area contributed by atoms with Crippen LogP contribution in [-0.4, -0.2) is 32.3 Å². The Bertz CT molecular complexity index is 1330. The van der Waals surface area contributed by atoms with E-state index in [4.69, 9.17) is 18.6 Å². The Morgan fingerprint density at radius 1 is 0.939 bits per heavy atom. The summed E-state index contributed by atoms with van der Waals surface area (Å²) in [6, 6.07) is 22.5. The van der Waals surface area contributed by atoms with E-state index in [1.807, 2.05) is 56.6 Å². The van der Waals surface area contributed by atoms with Crippen molar-refractivity contribution in [3.05, 3.63) is 88.6 Å². The normalized spacial score (nSPS) is 13.4. The summed E-state index contributed by atoms with van der Waals surface area (Å²) in [4.78, 5) is 15.1. The van der Waals surface area contributed by atoms with E-state index in [1.165, 1.54) is 6.07 Å². The smallest absolute Gasteiger partial charge is 0.231 e. The lowest BCUT2D eigenvalue weighted by atomic mass is 10.1. The quantitative estimate of drug-likeness (QED) is 0.388. The van der Waals surface area contributed by atoms with E-state index in [1.54, 1.807) is 12.1 Å². The summed E-state index contributed by atoms with van der Waals surface area (Å²) in [6.45, 7) is 1.08. The molecule has 33 heavy (non-hydrogen) atoms. The molecule has 6 nitrogen and oxygen atoms in total. The van der Waals surface area contributed by atoms with Gasteiger partial charge in [0.1, 0.15) is 23.2 Å². The molecule has 1 aliphatic rings. The molecule has 4 aromatic rings. The van der Waals surface area contributed by atoms with Gasteiger partial charge < -0.3 is 23.5 Å². The van der Waals surface area contributed by atoms with Crippen LogP contribution in [0.15, 0.2) is 82.0 Å². The highest BCUT2D eigenvalue weighted by Gasteiger charge is 2.17. The maximum atomic E-state index is 13.0. The molecule has 0 fully saturated rings. The van der Waals surface area contributed by atoms with Crippen LogP contribution in [0.3, 0.4) is 0 Å². The van der Waals surface area contributed by atoms with Gasteiger partial charge in [0, 0.05) is 24.6 Å². The van der Waals surface area contributed by atoms with Crippen LogP contribution in [0.1, 0.15) is 18.1 Å². The SMILES string of the molecule is CN(C)CCC(Oc1ccc2oc(-c3ccc4c(c3)OCO4)cc(=O)c2c1)c1ccccc1. The van der Waals surface area contributed by atoms with Crippen LogP contribution in [0.5, 0.6) is 17.2 Å². The fraction of sp³-hybridized carbons (Fsp3) is 0.222. The van der Waals surface area contributed by atoms with E-state index < -0.39 is 0 Å². The summed E-state index contributed by atoms with van der Waals surface area (Å²) in [5.74, 6) is 2.44. The lowest BCUT2D eigenvalue weighted by Crippen LogP contribution is -2.18. The number of nitrogens with zero attached hydrogens (tertiary/aromatic N) is 1. The van der Waals surface area contributed by atoms with E-state index >= 15 is 0 Å². The first-order valence-corrected chi connectivity index (χ1v) is 10.9. The number of hydrogen-bond acceptors (Lipinski definition) is 6. The Morgan fingerprint density at radius 3 is 2.58 bits per heavy atom. The second kappa shape index (κ2) is 9.00. The van der Waals surface area contributed by atoms with Gasteiger partial charge in [-0.1, -0.05) is 30.3 Å². The second-order valence-electron chi connectivity index (χ2n) is 8.31. The Labute approximate surface area is 191 Å². The molecule has 1 aromatic heterocycles. The molecule has 3 aromatic carbocycles. The Hall–Kier alpha value is -3.77. The monoisotopic (exact) mass is 443 g/mol. The van der Waals surface area contributed by atoms with Crippen LogP contribution in [0.25, 0.3) is 22.3 Å². The van der Waals surface area contributed by atoms with E-state index in [0.717, 1.165) is 24.1 Å². The molecule has 1 aliphatic heterocycles. The standard InChI is InChI=1S/C27H25NO5/c1-28(2)13-12-23(18-6-4-3-5-7-18)32-20-9-11-24-21(15-20)22(29)16-26(33-24)19-8-10-25-27(14-19)31-17-30-25/h3-11,14-16,23H,12-13,17H2,1-2H3. The minimum absolute atomic E-state index is 0.119. The molecule has 0 N–H and O–H groups in total. The minimum Gasteiger partial charge on any atom is -0.486 e. The first-order valence-electron chi connectivity index (χ1n) is 10.9. The zero-order valence-electron chi connectivity index (χ0n) is 18.6. The fourth-order valence-electron chi connectivity index (χ4n) is 3.90. The molecular weight excluding hydrogens is 418 g/mol. The van der Waals surface area contributed by atoms with Crippen LogP contribution < -0.4 is 19.6 Å². The van der Waals surface area contributed by atoms with Crippen molar-refractivity contribution in [1.29, 1.82) is 0 Å². The molecule has 1 atom stereocenters. The van der Waals surface area contributed by atoms with Crippen LogP contribution in [-0.2, 0) is 0 Å². The zero-order valence-corrected chi connectivity index (χ0v) is 18.6. The Balaban J connectivity index is 1.45. The molecule has 0 amide bonds. The lowest BCUT2D eigenvalue weighted by Gasteiger charge is -2.21. The second-order valence-corrected chi connectivity index (χ2v) is 8.31. The summed E-state index contributed by atoms with van der Waals surface area (Å²) in [7, 11) is 4.09. The third-order valence-electron chi connectivity index (χ3n) is 5.64. The fourth-order valence-corrected chi connectivity index (χ4v) is 3.90. The van der Waals surface area contributed by atoms with Crippen molar-refractivity contribution in [2.24, 2.45) is 0 Å². The zero-order chi connectivity index (χ0) is 22.8. The molecule has 0 bridgehead atoms. The molecule has 2 heterocycles.